The number of nitrogens with zero attached hydrogens (tertiary/aromatic N) is 4. The lowest BCUT2D eigenvalue weighted by atomic mass is 10.1. The second kappa shape index (κ2) is 4.69. The summed E-state index contributed by atoms with van der Waals surface area (Å²) in [4.78, 5) is 8.95. The molecule has 2 heterocycles. The molecule has 0 bridgehead atoms. The van der Waals surface area contributed by atoms with Crippen LogP contribution in [0.25, 0.3) is 11.0 Å². The molecule has 4 rings (SSSR count). The summed E-state index contributed by atoms with van der Waals surface area (Å²) in [6.07, 6.45) is 5.04. The number of hydrogen-bond donors (Lipinski definition) is 0. The van der Waals surface area contributed by atoms with Crippen LogP contribution >= 0.6 is 0 Å². The van der Waals surface area contributed by atoms with Gasteiger partial charge in [0.15, 0.2) is 5.82 Å². The molecule has 0 N–H and O–H groups in total. The van der Waals surface area contributed by atoms with Crippen LogP contribution in [0.4, 0.5) is 0 Å². The van der Waals surface area contributed by atoms with Gasteiger partial charge in [-0.1, -0.05) is 5.16 Å². The van der Waals surface area contributed by atoms with Crippen molar-refractivity contribution in [3.63, 3.8) is 0 Å². The molecule has 5 nitrogen and oxygen atoms in total. The number of aryl methyl sites for hydroxylation is 4. The first kappa shape index (κ1) is 12.6. The molecule has 108 valence electrons. The minimum atomic E-state index is 0.519. The van der Waals surface area contributed by atoms with E-state index in [1.165, 1.54) is 29.5 Å². The fourth-order valence-corrected chi connectivity index (χ4v) is 2.58. The third-order valence-corrected chi connectivity index (χ3v) is 4.22. The van der Waals surface area contributed by atoms with Crippen molar-refractivity contribution in [2.45, 2.75) is 45.6 Å². The van der Waals surface area contributed by atoms with Gasteiger partial charge in [0.1, 0.15) is 0 Å². The van der Waals surface area contributed by atoms with Crippen LogP contribution in [0.3, 0.4) is 0 Å². The topological polar surface area (TPSA) is 56.7 Å². The van der Waals surface area contributed by atoms with Crippen molar-refractivity contribution in [1.82, 2.24) is 19.7 Å². The molecule has 0 atom stereocenters. The third-order valence-electron chi connectivity index (χ3n) is 4.22. The van der Waals surface area contributed by atoms with Crippen molar-refractivity contribution < 1.29 is 4.52 Å². The smallest absolute Gasteiger partial charge is 0.229 e. The summed E-state index contributed by atoms with van der Waals surface area (Å²) in [5.41, 5.74) is 4.79. The zero-order chi connectivity index (χ0) is 14.4. The first-order valence-corrected chi connectivity index (χ1v) is 7.45. The predicted molar refractivity (Wildman–Crippen MR) is 79.2 cm³/mol. The molecule has 0 amide bonds. The second-order valence-electron chi connectivity index (χ2n) is 5.94. The summed E-state index contributed by atoms with van der Waals surface area (Å²) in [6, 6.07) is 4.34. The third kappa shape index (κ3) is 2.33. The Hall–Kier alpha value is -2.17. The van der Waals surface area contributed by atoms with Crippen LogP contribution < -0.4 is 0 Å². The Morgan fingerprint density at radius 1 is 1.24 bits per heavy atom. The van der Waals surface area contributed by atoms with Crippen molar-refractivity contribution in [1.29, 1.82) is 0 Å². The Balaban J connectivity index is 1.54. The highest BCUT2D eigenvalue weighted by Gasteiger charge is 2.29. The van der Waals surface area contributed by atoms with Crippen molar-refractivity contribution in [3.05, 3.63) is 41.3 Å². The quantitative estimate of drug-likeness (QED) is 0.737. The average Bonchev–Trinajstić information content (AvgIpc) is 3.10. The number of hydrogen-bond acceptors (Lipinski definition) is 4. The van der Waals surface area contributed by atoms with Gasteiger partial charge in [0.25, 0.3) is 0 Å². The summed E-state index contributed by atoms with van der Waals surface area (Å²) in [7, 11) is 0. The highest BCUT2D eigenvalue weighted by atomic mass is 16.5. The monoisotopic (exact) mass is 282 g/mol. The summed E-state index contributed by atoms with van der Waals surface area (Å²) in [6.45, 7) is 5.07. The molecule has 1 fully saturated rings. The lowest BCUT2D eigenvalue weighted by Gasteiger charge is -2.04. The van der Waals surface area contributed by atoms with Crippen LogP contribution in [-0.2, 0) is 13.0 Å². The molecule has 1 aliphatic rings. The Morgan fingerprint density at radius 2 is 2.05 bits per heavy atom. The van der Waals surface area contributed by atoms with Crippen LogP contribution in [0, 0.1) is 13.8 Å². The highest BCUT2D eigenvalue weighted by Crippen LogP contribution is 2.38. The van der Waals surface area contributed by atoms with Gasteiger partial charge < -0.3 is 9.09 Å². The Labute approximate surface area is 123 Å². The standard InChI is InChI=1S/C16H18N4O/c1-10-7-13-14(8-11(10)2)20(9-17-13)6-5-15-18-16(21-19-15)12-3-4-12/h7-9,12H,3-6H2,1-2H3. The molecule has 1 aromatic carbocycles. The second-order valence-corrected chi connectivity index (χ2v) is 5.94. The van der Waals surface area contributed by atoms with Gasteiger partial charge in [-0.3, -0.25) is 0 Å². The molecular formula is C16H18N4O. The van der Waals surface area contributed by atoms with Gasteiger partial charge in [0, 0.05) is 18.9 Å². The first-order valence-electron chi connectivity index (χ1n) is 7.45. The van der Waals surface area contributed by atoms with Gasteiger partial charge >= 0.3 is 0 Å². The summed E-state index contributed by atoms with van der Waals surface area (Å²) >= 11 is 0. The number of aromatic nitrogens is 4. The molecule has 1 saturated carbocycles. The Morgan fingerprint density at radius 3 is 2.86 bits per heavy atom. The molecule has 21 heavy (non-hydrogen) atoms. The van der Waals surface area contributed by atoms with Gasteiger partial charge in [0.05, 0.1) is 17.4 Å². The molecular weight excluding hydrogens is 264 g/mol. The van der Waals surface area contributed by atoms with E-state index in [0.717, 1.165) is 30.2 Å². The normalized spacial score (nSPS) is 15.0. The molecule has 0 aliphatic heterocycles. The highest BCUT2D eigenvalue weighted by molar-refractivity contribution is 5.77. The molecule has 0 radical (unpaired) electrons. The van der Waals surface area contributed by atoms with E-state index in [2.05, 4.69) is 45.7 Å². The molecule has 2 aromatic heterocycles. The summed E-state index contributed by atoms with van der Waals surface area (Å²) in [5, 5.41) is 4.07. The summed E-state index contributed by atoms with van der Waals surface area (Å²) < 4.78 is 7.46. The van der Waals surface area contributed by atoms with E-state index in [1.807, 2.05) is 6.33 Å². The number of benzene rings is 1. The van der Waals surface area contributed by atoms with Gasteiger partial charge in [-0.25, -0.2) is 4.98 Å². The van der Waals surface area contributed by atoms with E-state index in [9.17, 15) is 0 Å². The van der Waals surface area contributed by atoms with Gasteiger partial charge in [-0.2, -0.15) is 4.98 Å². The number of rotatable bonds is 4. The predicted octanol–water partition coefficient (Wildman–Crippen LogP) is 3.16. The lowest BCUT2D eigenvalue weighted by Crippen LogP contribution is -2.01. The molecule has 0 saturated heterocycles. The van der Waals surface area contributed by atoms with E-state index in [1.54, 1.807) is 0 Å². The first-order chi connectivity index (χ1) is 10.2. The molecule has 0 unspecified atom stereocenters. The Kier molecular flexibility index (Phi) is 2.80. The number of fused-ring (bicyclic) bond motifs is 1. The molecule has 0 spiro atoms. The van der Waals surface area contributed by atoms with E-state index in [-0.39, 0.29) is 0 Å². The molecule has 1 aliphatic carbocycles. The van der Waals surface area contributed by atoms with Crippen LogP contribution in [0.1, 0.15) is 41.6 Å². The minimum Gasteiger partial charge on any atom is -0.339 e. The largest absolute Gasteiger partial charge is 0.339 e. The van der Waals surface area contributed by atoms with Crippen molar-refractivity contribution in [3.8, 4) is 0 Å². The van der Waals surface area contributed by atoms with E-state index >= 15 is 0 Å². The lowest BCUT2D eigenvalue weighted by molar-refractivity contribution is 0.373. The van der Waals surface area contributed by atoms with E-state index in [0.29, 0.717) is 5.92 Å². The van der Waals surface area contributed by atoms with Crippen molar-refractivity contribution in [2.75, 3.05) is 0 Å². The maximum atomic E-state index is 5.29. The van der Waals surface area contributed by atoms with Crippen LogP contribution in [0.2, 0.25) is 0 Å². The van der Waals surface area contributed by atoms with Gasteiger partial charge in [-0.05, 0) is 49.9 Å². The fraction of sp³-hybridized carbons (Fsp3) is 0.438. The molecule has 5 heteroatoms. The zero-order valence-corrected chi connectivity index (χ0v) is 12.3. The maximum absolute atomic E-state index is 5.29. The zero-order valence-electron chi connectivity index (χ0n) is 12.3. The van der Waals surface area contributed by atoms with Gasteiger partial charge in [-0.15, -0.1) is 0 Å². The molecule has 3 aromatic rings. The van der Waals surface area contributed by atoms with Crippen molar-refractivity contribution in [2.24, 2.45) is 0 Å². The van der Waals surface area contributed by atoms with Crippen LogP contribution in [0.15, 0.2) is 23.0 Å². The Bertz CT molecular complexity index is 798. The van der Waals surface area contributed by atoms with Gasteiger partial charge in [0.2, 0.25) is 5.89 Å². The van der Waals surface area contributed by atoms with Crippen LogP contribution in [0.5, 0.6) is 0 Å². The average molecular weight is 282 g/mol. The fourth-order valence-electron chi connectivity index (χ4n) is 2.58. The number of imidazole rings is 1. The van der Waals surface area contributed by atoms with Crippen molar-refractivity contribution >= 4 is 11.0 Å². The van der Waals surface area contributed by atoms with E-state index in [4.69, 9.17) is 4.52 Å². The SMILES string of the molecule is Cc1cc2ncn(CCc3noc(C4CC4)n3)c2cc1C. The minimum absolute atomic E-state index is 0.519. The maximum Gasteiger partial charge on any atom is 0.229 e. The summed E-state index contributed by atoms with van der Waals surface area (Å²) in [5.74, 6) is 2.13. The van der Waals surface area contributed by atoms with E-state index < -0.39 is 0 Å². The van der Waals surface area contributed by atoms with Crippen LogP contribution in [-0.4, -0.2) is 19.7 Å².